The highest BCUT2D eigenvalue weighted by Gasteiger charge is 2.36. The van der Waals surface area contributed by atoms with E-state index in [0.29, 0.717) is 11.8 Å². The minimum atomic E-state index is -2.90. The lowest BCUT2D eigenvalue weighted by Gasteiger charge is -2.27. The Labute approximate surface area is 124 Å². The molecule has 1 saturated heterocycles. The van der Waals surface area contributed by atoms with Crippen molar-refractivity contribution in [3.05, 3.63) is 0 Å². The number of hydrogen-bond donors (Lipinski definition) is 1. The SMILES string of the molecule is CC1CCS(=O)(=O)C2CCCCCCCCCCC2N1. The van der Waals surface area contributed by atoms with Gasteiger partial charge in [0.15, 0.2) is 9.84 Å². The zero-order valence-electron chi connectivity index (χ0n) is 12.9. The molecule has 0 aromatic rings. The lowest BCUT2D eigenvalue weighted by Crippen LogP contribution is -2.44. The van der Waals surface area contributed by atoms with Gasteiger partial charge in [0.2, 0.25) is 0 Å². The van der Waals surface area contributed by atoms with Crippen LogP contribution in [0.2, 0.25) is 0 Å². The Balaban J connectivity index is 2.08. The first-order valence-corrected chi connectivity index (χ1v) is 10.3. The van der Waals surface area contributed by atoms with Crippen molar-refractivity contribution in [2.45, 2.75) is 94.9 Å². The molecule has 118 valence electrons. The summed E-state index contributed by atoms with van der Waals surface area (Å²) in [7, 11) is -2.90. The van der Waals surface area contributed by atoms with Gasteiger partial charge in [0.05, 0.1) is 11.0 Å². The average Bonchev–Trinajstić information content (AvgIpc) is 2.49. The predicted molar refractivity (Wildman–Crippen MR) is 84.7 cm³/mol. The summed E-state index contributed by atoms with van der Waals surface area (Å²) in [5, 5.41) is 3.48. The van der Waals surface area contributed by atoms with Crippen LogP contribution in [0.4, 0.5) is 0 Å². The van der Waals surface area contributed by atoms with E-state index in [-0.39, 0.29) is 11.3 Å². The Morgan fingerprint density at radius 1 is 0.800 bits per heavy atom. The van der Waals surface area contributed by atoms with Gasteiger partial charge in [-0.15, -0.1) is 0 Å². The molecule has 1 aliphatic carbocycles. The van der Waals surface area contributed by atoms with Gasteiger partial charge in [-0.2, -0.15) is 0 Å². The molecule has 0 spiro atoms. The minimum Gasteiger partial charge on any atom is -0.310 e. The summed E-state index contributed by atoms with van der Waals surface area (Å²) in [5.74, 6) is 0.377. The molecular formula is C16H31NO2S. The van der Waals surface area contributed by atoms with Crippen molar-refractivity contribution in [3.8, 4) is 0 Å². The van der Waals surface area contributed by atoms with E-state index in [1.54, 1.807) is 0 Å². The summed E-state index contributed by atoms with van der Waals surface area (Å²) in [5.41, 5.74) is 0. The third-order valence-electron chi connectivity index (χ3n) is 5.00. The molecule has 1 N–H and O–H groups in total. The van der Waals surface area contributed by atoms with E-state index < -0.39 is 9.84 Å². The highest BCUT2D eigenvalue weighted by molar-refractivity contribution is 7.92. The van der Waals surface area contributed by atoms with Crippen molar-refractivity contribution in [1.29, 1.82) is 0 Å². The van der Waals surface area contributed by atoms with E-state index in [2.05, 4.69) is 12.2 Å². The summed E-state index contributed by atoms with van der Waals surface area (Å²) in [4.78, 5) is 0. The van der Waals surface area contributed by atoms with Crippen LogP contribution in [0.5, 0.6) is 0 Å². The van der Waals surface area contributed by atoms with Crippen molar-refractivity contribution in [2.24, 2.45) is 0 Å². The highest BCUT2D eigenvalue weighted by atomic mass is 32.2. The molecule has 4 heteroatoms. The second-order valence-electron chi connectivity index (χ2n) is 6.77. The molecule has 0 aromatic carbocycles. The first-order chi connectivity index (χ1) is 9.59. The molecule has 1 saturated carbocycles. The van der Waals surface area contributed by atoms with Gasteiger partial charge in [-0.1, -0.05) is 51.4 Å². The zero-order valence-corrected chi connectivity index (χ0v) is 13.8. The van der Waals surface area contributed by atoms with E-state index in [1.165, 1.54) is 44.9 Å². The highest BCUT2D eigenvalue weighted by Crippen LogP contribution is 2.25. The van der Waals surface area contributed by atoms with E-state index in [1.807, 2.05) is 0 Å². The number of hydrogen-bond acceptors (Lipinski definition) is 3. The van der Waals surface area contributed by atoms with Crippen LogP contribution in [0.1, 0.15) is 77.6 Å². The Morgan fingerprint density at radius 2 is 1.35 bits per heavy atom. The summed E-state index contributed by atoms with van der Waals surface area (Å²) in [6, 6.07) is 0.532. The third kappa shape index (κ3) is 4.73. The van der Waals surface area contributed by atoms with Crippen LogP contribution < -0.4 is 5.32 Å². The maximum absolute atomic E-state index is 12.6. The smallest absolute Gasteiger partial charge is 0.154 e. The Kier molecular flexibility index (Phi) is 6.34. The van der Waals surface area contributed by atoms with Crippen LogP contribution in [0.3, 0.4) is 0 Å². The van der Waals surface area contributed by atoms with Crippen molar-refractivity contribution in [1.82, 2.24) is 5.32 Å². The van der Waals surface area contributed by atoms with E-state index in [9.17, 15) is 8.42 Å². The van der Waals surface area contributed by atoms with Crippen LogP contribution in [0.15, 0.2) is 0 Å². The molecule has 0 bridgehead atoms. The van der Waals surface area contributed by atoms with Gasteiger partial charge in [0.1, 0.15) is 0 Å². The second-order valence-corrected chi connectivity index (χ2v) is 9.11. The summed E-state index contributed by atoms with van der Waals surface area (Å²) in [6.07, 6.45) is 12.7. The van der Waals surface area contributed by atoms with Crippen LogP contribution in [-0.4, -0.2) is 31.5 Å². The second kappa shape index (κ2) is 7.79. The fourth-order valence-electron chi connectivity index (χ4n) is 3.72. The quantitative estimate of drug-likeness (QED) is 0.745. The molecule has 0 amide bonds. The van der Waals surface area contributed by atoms with Gasteiger partial charge in [0.25, 0.3) is 0 Å². The fourth-order valence-corrected chi connectivity index (χ4v) is 5.95. The molecule has 1 heterocycles. The summed E-state index contributed by atoms with van der Waals surface area (Å²) < 4.78 is 25.1. The number of rotatable bonds is 0. The molecule has 1 aliphatic heterocycles. The zero-order chi connectivity index (χ0) is 14.4. The van der Waals surface area contributed by atoms with Crippen molar-refractivity contribution in [3.63, 3.8) is 0 Å². The first kappa shape index (κ1) is 16.3. The van der Waals surface area contributed by atoms with Gasteiger partial charge in [0, 0.05) is 12.1 Å². The molecule has 3 atom stereocenters. The maximum Gasteiger partial charge on any atom is 0.154 e. The third-order valence-corrected chi connectivity index (χ3v) is 7.29. The lowest BCUT2D eigenvalue weighted by atomic mass is 9.97. The van der Waals surface area contributed by atoms with Gasteiger partial charge in [-0.3, -0.25) is 0 Å². The molecule has 0 radical (unpaired) electrons. The average molecular weight is 301 g/mol. The van der Waals surface area contributed by atoms with Crippen LogP contribution in [0, 0.1) is 0 Å². The van der Waals surface area contributed by atoms with Crippen LogP contribution in [-0.2, 0) is 9.84 Å². The molecule has 3 unspecified atom stereocenters. The monoisotopic (exact) mass is 301 g/mol. The number of nitrogens with one attached hydrogen (secondary N) is 1. The van der Waals surface area contributed by atoms with E-state index in [4.69, 9.17) is 0 Å². The van der Waals surface area contributed by atoms with Crippen LogP contribution >= 0.6 is 0 Å². The Bertz CT molecular complexity index is 380. The van der Waals surface area contributed by atoms with E-state index in [0.717, 1.165) is 25.7 Å². The summed E-state index contributed by atoms with van der Waals surface area (Å²) >= 11 is 0. The summed E-state index contributed by atoms with van der Waals surface area (Å²) in [6.45, 7) is 2.13. The largest absolute Gasteiger partial charge is 0.310 e. The van der Waals surface area contributed by atoms with Crippen molar-refractivity contribution >= 4 is 9.84 Å². The van der Waals surface area contributed by atoms with Gasteiger partial charge in [-0.05, 0) is 26.2 Å². The molecule has 2 aliphatic rings. The van der Waals surface area contributed by atoms with Gasteiger partial charge < -0.3 is 5.32 Å². The van der Waals surface area contributed by atoms with Gasteiger partial charge in [-0.25, -0.2) is 8.42 Å². The molecule has 2 rings (SSSR count). The minimum absolute atomic E-state index is 0.133. The predicted octanol–water partition coefficient (Wildman–Crippen LogP) is 3.43. The topological polar surface area (TPSA) is 46.2 Å². The molecule has 2 fully saturated rings. The lowest BCUT2D eigenvalue weighted by molar-refractivity contribution is 0.378. The molecule has 3 nitrogen and oxygen atoms in total. The van der Waals surface area contributed by atoms with Crippen molar-refractivity contribution < 1.29 is 8.42 Å². The molecular weight excluding hydrogens is 270 g/mol. The van der Waals surface area contributed by atoms with E-state index >= 15 is 0 Å². The molecule has 20 heavy (non-hydrogen) atoms. The Morgan fingerprint density at radius 3 is 2.00 bits per heavy atom. The molecule has 0 aromatic heterocycles. The fraction of sp³-hybridized carbons (Fsp3) is 1.00. The first-order valence-electron chi connectivity index (χ1n) is 8.57. The standard InChI is InChI=1S/C16H31NO2S/c1-14-12-13-20(18,19)16-11-9-7-5-3-2-4-6-8-10-15(16)17-14/h14-17H,2-13H2,1H3. The Hall–Kier alpha value is -0.0900. The van der Waals surface area contributed by atoms with Crippen LogP contribution in [0.25, 0.3) is 0 Å². The van der Waals surface area contributed by atoms with Crippen molar-refractivity contribution in [2.75, 3.05) is 5.75 Å². The normalized spacial score (nSPS) is 37.0. The van der Waals surface area contributed by atoms with Gasteiger partial charge >= 0.3 is 0 Å². The maximum atomic E-state index is 12.6. The number of fused-ring (bicyclic) bond motifs is 1. The number of sulfone groups is 1.